The Morgan fingerprint density at radius 3 is 2.64 bits per heavy atom. The van der Waals surface area contributed by atoms with Crippen molar-refractivity contribution in [3.8, 4) is 5.75 Å². The van der Waals surface area contributed by atoms with E-state index in [0.29, 0.717) is 24.5 Å². The molecule has 1 heterocycles. The fraction of sp³-hybridized carbons (Fsp3) is 0.455. The van der Waals surface area contributed by atoms with Gasteiger partial charge in [-0.1, -0.05) is 23.7 Å². The number of likely N-dealkylation sites (N-methyl/N-ethyl adjacent to an activating group) is 1. The van der Waals surface area contributed by atoms with Gasteiger partial charge >= 0.3 is 0 Å². The Hall–Kier alpha value is -1.95. The molecule has 2 aromatic rings. The summed E-state index contributed by atoms with van der Waals surface area (Å²) in [5.74, 6) is 0.128. The molecule has 33 heavy (non-hydrogen) atoms. The van der Waals surface area contributed by atoms with Gasteiger partial charge in [0.05, 0.1) is 17.7 Å². The Kier molecular flexibility index (Phi) is 8.54. The monoisotopic (exact) mass is 500 g/mol. The molecule has 1 fully saturated rings. The Bertz CT molecular complexity index is 1040. The topological polar surface area (TPSA) is 94.1 Å². The zero-order valence-electron chi connectivity index (χ0n) is 18.8. The number of anilines is 1. The molecule has 11 heteroatoms. The lowest BCUT2D eigenvalue weighted by atomic mass is 9.98. The highest BCUT2D eigenvalue weighted by molar-refractivity contribution is 7.87. The van der Waals surface area contributed by atoms with Crippen molar-refractivity contribution in [1.82, 2.24) is 13.9 Å². The largest absolute Gasteiger partial charge is 0.494 e. The summed E-state index contributed by atoms with van der Waals surface area (Å²) in [6.45, 7) is 1.52. The Morgan fingerprint density at radius 1 is 1.30 bits per heavy atom. The lowest BCUT2D eigenvalue weighted by molar-refractivity contribution is 0.102. The lowest BCUT2D eigenvalue weighted by Gasteiger charge is -2.39. The molecule has 0 aliphatic carbocycles. The van der Waals surface area contributed by atoms with Crippen molar-refractivity contribution in [2.24, 2.45) is 0 Å². The minimum absolute atomic E-state index is 0.0969. The number of halogens is 2. The molecule has 2 aromatic carbocycles. The van der Waals surface area contributed by atoms with E-state index in [1.54, 1.807) is 0 Å². The van der Waals surface area contributed by atoms with E-state index in [1.165, 1.54) is 25.2 Å². The van der Waals surface area contributed by atoms with Gasteiger partial charge in [-0.2, -0.15) is 17.4 Å². The van der Waals surface area contributed by atoms with Crippen molar-refractivity contribution in [2.45, 2.75) is 31.2 Å². The Labute approximate surface area is 199 Å². The summed E-state index contributed by atoms with van der Waals surface area (Å²) in [6.07, 6.45) is -0.0350. The molecule has 0 saturated carbocycles. The van der Waals surface area contributed by atoms with Gasteiger partial charge in [0, 0.05) is 25.3 Å². The molecule has 1 saturated heterocycles. The number of rotatable bonds is 9. The van der Waals surface area contributed by atoms with E-state index < -0.39 is 34.3 Å². The summed E-state index contributed by atoms with van der Waals surface area (Å²) in [7, 11) is 1.58. The lowest BCUT2D eigenvalue weighted by Crippen LogP contribution is -2.57. The van der Waals surface area contributed by atoms with E-state index >= 15 is 0 Å². The average Bonchev–Trinajstić information content (AvgIpc) is 2.76. The smallest absolute Gasteiger partial charge is 0.280 e. The third-order valence-electron chi connectivity index (χ3n) is 5.51. The van der Waals surface area contributed by atoms with Crippen LogP contribution < -0.4 is 14.8 Å². The molecule has 3 rings (SSSR count). The first-order valence-corrected chi connectivity index (χ1v) is 12.4. The average molecular weight is 501 g/mol. The quantitative estimate of drug-likeness (QED) is 0.362. The molecular formula is C22H30ClFN4O4S. The highest BCUT2D eigenvalue weighted by Gasteiger charge is 2.40. The summed E-state index contributed by atoms with van der Waals surface area (Å²) < 4.78 is 48.3. The molecule has 1 unspecified atom stereocenters. The number of ether oxygens (including phenoxy) is 1. The molecule has 3 atom stereocenters. The van der Waals surface area contributed by atoms with Gasteiger partial charge in [-0.15, -0.1) is 0 Å². The second-order valence-electron chi connectivity index (χ2n) is 8.29. The molecule has 0 bridgehead atoms. The maximum absolute atomic E-state index is 13.4. The number of benzene rings is 2. The highest BCUT2D eigenvalue weighted by atomic mass is 35.5. The van der Waals surface area contributed by atoms with Gasteiger partial charge in [0.15, 0.2) is 0 Å². The van der Waals surface area contributed by atoms with Crippen LogP contribution in [0.2, 0.25) is 5.02 Å². The normalized spacial score (nSPS) is 21.7. The first-order chi connectivity index (χ1) is 15.6. The van der Waals surface area contributed by atoms with Gasteiger partial charge < -0.3 is 20.1 Å². The minimum atomic E-state index is -3.83. The Morgan fingerprint density at radius 2 is 2.00 bits per heavy atom. The van der Waals surface area contributed by atoms with Crippen molar-refractivity contribution in [3.63, 3.8) is 0 Å². The van der Waals surface area contributed by atoms with Gasteiger partial charge in [-0.05, 0) is 62.8 Å². The van der Waals surface area contributed by atoms with Crippen molar-refractivity contribution >= 4 is 27.5 Å². The zero-order valence-corrected chi connectivity index (χ0v) is 20.4. The zero-order chi connectivity index (χ0) is 24.2. The molecule has 182 valence electrons. The molecule has 8 nitrogen and oxygen atoms in total. The number of nitrogens with zero attached hydrogens (tertiary/aromatic N) is 2. The molecular weight excluding hydrogens is 471 g/mol. The van der Waals surface area contributed by atoms with E-state index in [2.05, 4.69) is 14.9 Å². The van der Waals surface area contributed by atoms with Crippen LogP contribution >= 0.6 is 11.6 Å². The van der Waals surface area contributed by atoms with Crippen molar-refractivity contribution in [2.75, 3.05) is 39.6 Å². The maximum Gasteiger partial charge on any atom is 0.280 e. The van der Waals surface area contributed by atoms with E-state index in [4.69, 9.17) is 16.3 Å². The van der Waals surface area contributed by atoms with Gasteiger partial charge in [0.1, 0.15) is 17.8 Å². The van der Waals surface area contributed by atoms with Gasteiger partial charge in [0.2, 0.25) is 0 Å². The maximum atomic E-state index is 13.4. The van der Waals surface area contributed by atoms with Crippen LogP contribution in [-0.2, 0) is 10.2 Å². The summed E-state index contributed by atoms with van der Waals surface area (Å²) in [5.41, 5.74) is 1.14. The van der Waals surface area contributed by atoms with E-state index in [-0.39, 0.29) is 5.02 Å². The van der Waals surface area contributed by atoms with Crippen LogP contribution in [0.1, 0.15) is 24.4 Å². The van der Waals surface area contributed by atoms with Crippen LogP contribution in [0.25, 0.3) is 0 Å². The summed E-state index contributed by atoms with van der Waals surface area (Å²) in [5, 5.41) is 13.5. The third-order valence-corrected chi connectivity index (χ3v) is 7.42. The molecule has 0 radical (unpaired) electrons. The van der Waals surface area contributed by atoms with Crippen molar-refractivity contribution in [1.29, 1.82) is 0 Å². The van der Waals surface area contributed by atoms with Crippen LogP contribution in [0.5, 0.6) is 5.75 Å². The fourth-order valence-corrected chi connectivity index (χ4v) is 5.13. The van der Waals surface area contributed by atoms with Crippen molar-refractivity contribution < 1.29 is 22.7 Å². The molecule has 1 aliphatic rings. The van der Waals surface area contributed by atoms with E-state index in [1.807, 2.05) is 38.4 Å². The Balaban J connectivity index is 1.69. The summed E-state index contributed by atoms with van der Waals surface area (Å²) >= 11 is 5.80. The van der Waals surface area contributed by atoms with Crippen LogP contribution in [0, 0.1) is 5.82 Å². The minimum Gasteiger partial charge on any atom is -0.494 e. The van der Waals surface area contributed by atoms with Crippen LogP contribution in [0.4, 0.5) is 10.1 Å². The second kappa shape index (κ2) is 11.0. The molecule has 1 aliphatic heterocycles. The van der Waals surface area contributed by atoms with Gasteiger partial charge in [-0.3, -0.25) is 0 Å². The predicted octanol–water partition coefficient (Wildman–Crippen LogP) is 2.82. The summed E-state index contributed by atoms with van der Waals surface area (Å²) in [4.78, 5) is 2.09. The first kappa shape index (κ1) is 25.7. The number of hydrogen-bond acceptors (Lipinski definition) is 6. The number of nitrogens with one attached hydrogen (secondary N) is 2. The van der Waals surface area contributed by atoms with Gasteiger partial charge in [-0.25, -0.2) is 4.39 Å². The predicted molar refractivity (Wildman–Crippen MR) is 127 cm³/mol. The van der Waals surface area contributed by atoms with E-state index in [9.17, 15) is 17.9 Å². The summed E-state index contributed by atoms with van der Waals surface area (Å²) in [6, 6.07) is 9.88. The van der Waals surface area contributed by atoms with Crippen LogP contribution in [0.15, 0.2) is 42.5 Å². The fourth-order valence-electron chi connectivity index (χ4n) is 3.63. The van der Waals surface area contributed by atoms with Gasteiger partial charge in [0.25, 0.3) is 10.2 Å². The standard InChI is InChI=1S/C22H30ClFN4O4S/c1-27(2)11-4-12-32-17-8-5-15(6-9-17)20-14-21(28(3)33(30,31)26-20)22(29)25-16-7-10-19(24)18(23)13-16/h5-10,13,20-22,25-26,29H,4,11-12,14H2,1-3H3/t20-,21+,22?/m0/s1. The SMILES string of the molecule is CN(C)CCCOc1ccc([C@@H]2C[C@H](C(O)Nc3ccc(F)c(Cl)c3)N(C)S(=O)(=O)N2)cc1. The third kappa shape index (κ3) is 6.78. The second-order valence-corrected chi connectivity index (χ2v) is 10.5. The number of aliphatic hydroxyl groups excluding tert-OH is 1. The highest BCUT2D eigenvalue weighted by Crippen LogP contribution is 2.31. The van der Waals surface area contributed by atoms with Crippen LogP contribution in [0.3, 0.4) is 0 Å². The molecule has 0 aromatic heterocycles. The molecule has 3 N–H and O–H groups in total. The number of aliphatic hydroxyl groups is 1. The first-order valence-electron chi connectivity index (χ1n) is 10.6. The van der Waals surface area contributed by atoms with E-state index in [0.717, 1.165) is 22.8 Å². The number of hydrogen-bond donors (Lipinski definition) is 3. The van der Waals surface area contributed by atoms with Crippen molar-refractivity contribution in [3.05, 3.63) is 58.9 Å². The van der Waals surface area contributed by atoms with Crippen LogP contribution in [-0.4, -0.2) is 69.3 Å². The molecule has 0 amide bonds. The molecule has 0 spiro atoms.